The van der Waals surface area contributed by atoms with E-state index in [2.05, 4.69) is 9.98 Å². The molecule has 2 rings (SSSR count). The van der Waals surface area contributed by atoms with Gasteiger partial charge in [0, 0.05) is 26.9 Å². The highest BCUT2D eigenvalue weighted by Gasteiger charge is 2.23. The van der Waals surface area contributed by atoms with Crippen LogP contribution < -0.4 is 5.73 Å². The van der Waals surface area contributed by atoms with Gasteiger partial charge in [0.1, 0.15) is 0 Å². The summed E-state index contributed by atoms with van der Waals surface area (Å²) in [5.74, 6) is -0.0732. The van der Waals surface area contributed by atoms with Crippen LogP contribution in [0.1, 0.15) is 33.7 Å². The molecule has 6 heteroatoms. The van der Waals surface area contributed by atoms with Crippen molar-refractivity contribution in [1.29, 1.82) is 0 Å². The SMILES string of the molecule is CCN=CC1=C(N)c2sc(C(=O)N(C)C)nc2CC1. The topological polar surface area (TPSA) is 71.6 Å². The van der Waals surface area contributed by atoms with Crippen LogP contribution in [-0.2, 0) is 6.42 Å². The number of hydrogen-bond donors (Lipinski definition) is 1. The quantitative estimate of drug-likeness (QED) is 0.853. The zero-order valence-electron chi connectivity index (χ0n) is 11.4. The second kappa shape index (κ2) is 5.52. The standard InChI is InChI=1S/C13H18N4OS/c1-4-15-7-8-5-6-9-11(10(8)14)19-12(16-9)13(18)17(2)3/h7H,4-6,14H2,1-3H3. The molecule has 1 aromatic rings. The van der Waals surface area contributed by atoms with Gasteiger partial charge in [-0.25, -0.2) is 4.98 Å². The van der Waals surface area contributed by atoms with Gasteiger partial charge in [0.2, 0.25) is 0 Å². The maximum absolute atomic E-state index is 11.9. The molecule has 1 amide bonds. The lowest BCUT2D eigenvalue weighted by Gasteiger charge is -2.13. The Morgan fingerprint density at radius 1 is 1.53 bits per heavy atom. The van der Waals surface area contributed by atoms with Crippen molar-refractivity contribution in [2.24, 2.45) is 10.7 Å². The van der Waals surface area contributed by atoms with E-state index in [1.165, 1.54) is 16.2 Å². The van der Waals surface area contributed by atoms with E-state index in [0.29, 0.717) is 10.7 Å². The second-order valence-corrected chi connectivity index (χ2v) is 5.56. The Morgan fingerprint density at radius 2 is 2.26 bits per heavy atom. The molecule has 0 saturated carbocycles. The monoisotopic (exact) mass is 278 g/mol. The predicted octanol–water partition coefficient (Wildman–Crippen LogP) is 1.55. The summed E-state index contributed by atoms with van der Waals surface area (Å²) in [5, 5.41) is 0.506. The molecule has 0 aromatic carbocycles. The maximum atomic E-state index is 11.9. The molecule has 102 valence electrons. The highest BCUT2D eigenvalue weighted by molar-refractivity contribution is 7.14. The average Bonchev–Trinajstić information content (AvgIpc) is 2.81. The van der Waals surface area contributed by atoms with Crippen LogP contribution >= 0.6 is 11.3 Å². The highest BCUT2D eigenvalue weighted by atomic mass is 32.1. The van der Waals surface area contributed by atoms with Crippen molar-refractivity contribution in [3.8, 4) is 0 Å². The zero-order valence-corrected chi connectivity index (χ0v) is 12.3. The van der Waals surface area contributed by atoms with Crippen LogP contribution in [0.3, 0.4) is 0 Å². The van der Waals surface area contributed by atoms with E-state index in [4.69, 9.17) is 5.73 Å². The van der Waals surface area contributed by atoms with Gasteiger partial charge in [-0.3, -0.25) is 9.79 Å². The molecule has 1 aromatic heterocycles. The number of allylic oxidation sites excluding steroid dienone is 1. The first-order valence-corrected chi connectivity index (χ1v) is 7.06. The minimum absolute atomic E-state index is 0.0732. The smallest absolute Gasteiger partial charge is 0.282 e. The van der Waals surface area contributed by atoms with Gasteiger partial charge < -0.3 is 10.6 Å². The number of amides is 1. The van der Waals surface area contributed by atoms with Crippen molar-refractivity contribution in [2.75, 3.05) is 20.6 Å². The third-order valence-corrected chi connectivity index (χ3v) is 4.06. The number of carbonyl (C=O) groups excluding carboxylic acids is 1. The number of aryl methyl sites for hydroxylation is 1. The number of aromatic nitrogens is 1. The van der Waals surface area contributed by atoms with Gasteiger partial charge in [0.15, 0.2) is 5.01 Å². The molecule has 0 spiro atoms. The van der Waals surface area contributed by atoms with Gasteiger partial charge in [-0.15, -0.1) is 11.3 Å². The van der Waals surface area contributed by atoms with E-state index in [1.807, 2.05) is 13.1 Å². The van der Waals surface area contributed by atoms with Crippen LogP contribution in [0.5, 0.6) is 0 Å². The van der Waals surface area contributed by atoms with Gasteiger partial charge >= 0.3 is 0 Å². The molecule has 1 heterocycles. The van der Waals surface area contributed by atoms with Gasteiger partial charge in [0.25, 0.3) is 5.91 Å². The molecule has 0 unspecified atom stereocenters. The van der Waals surface area contributed by atoms with E-state index in [-0.39, 0.29) is 5.91 Å². The summed E-state index contributed by atoms with van der Waals surface area (Å²) in [6.07, 6.45) is 3.49. The fourth-order valence-corrected chi connectivity index (χ4v) is 3.01. The number of nitrogens with two attached hydrogens (primary N) is 1. The average molecular weight is 278 g/mol. The summed E-state index contributed by atoms with van der Waals surface area (Å²) >= 11 is 1.37. The van der Waals surface area contributed by atoms with Crippen LogP contribution in [-0.4, -0.2) is 42.6 Å². The molecule has 0 fully saturated rings. The summed E-state index contributed by atoms with van der Waals surface area (Å²) in [6.45, 7) is 2.73. The number of carbonyl (C=O) groups is 1. The third-order valence-electron chi connectivity index (χ3n) is 2.94. The van der Waals surface area contributed by atoms with E-state index in [9.17, 15) is 4.79 Å². The van der Waals surface area contributed by atoms with E-state index >= 15 is 0 Å². The normalized spacial score (nSPS) is 14.9. The second-order valence-electron chi connectivity index (χ2n) is 4.56. The van der Waals surface area contributed by atoms with Crippen LogP contribution in [0, 0.1) is 0 Å². The summed E-state index contributed by atoms with van der Waals surface area (Å²) in [6, 6.07) is 0. The van der Waals surface area contributed by atoms with Crippen molar-refractivity contribution in [3.63, 3.8) is 0 Å². The van der Waals surface area contributed by atoms with Crippen LogP contribution in [0.25, 0.3) is 5.70 Å². The zero-order chi connectivity index (χ0) is 14.0. The Morgan fingerprint density at radius 3 is 2.89 bits per heavy atom. The molecule has 0 atom stereocenters. The molecule has 19 heavy (non-hydrogen) atoms. The van der Waals surface area contributed by atoms with Crippen LogP contribution in [0.2, 0.25) is 0 Å². The number of thiazole rings is 1. The molecular weight excluding hydrogens is 260 g/mol. The summed E-state index contributed by atoms with van der Waals surface area (Å²) < 4.78 is 0. The fraction of sp³-hybridized carbons (Fsp3) is 0.462. The Hall–Kier alpha value is -1.69. The molecule has 5 nitrogen and oxygen atoms in total. The molecule has 0 radical (unpaired) electrons. The lowest BCUT2D eigenvalue weighted by molar-refractivity contribution is 0.0827. The maximum Gasteiger partial charge on any atom is 0.282 e. The highest BCUT2D eigenvalue weighted by Crippen LogP contribution is 2.32. The van der Waals surface area contributed by atoms with Crippen molar-refractivity contribution < 1.29 is 4.79 Å². The third kappa shape index (κ3) is 2.68. The first-order chi connectivity index (χ1) is 9.04. The van der Waals surface area contributed by atoms with E-state index in [0.717, 1.165) is 35.5 Å². The van der Waals surface area contributed by atoms with Crippen molar-refractivity contribution in [3.05, 3.63) is 21.2 Å². The first-order valence-electron chi connectivity index (χ1n) is 6.24. The fourth-order valence-electron chi connectivity index (χ4n) is 1.88. The minimum atomic E-state index is -0.0732. The summed E-state index contributed by atoms with van der Waals surface area (Å²) in [4.78, 5) is 23.0. The predicted molar refractivity (Wildman–Crippen MR) is 78.6 cm³/mol. The lowest BCUT2D eigenvalue weighted by Crippen LogP contribution is -2.21. The number of rotatable bonds is 3. The van der Waals surface area contributed by atoms with Gasteiger partial charge in [-0.05, 0) is 25.3 Å². The summed E-state index contributed by atoms with van der Waals surface area (Å²) in [5.41, 5.74) is 8.85. The number of nitrogens with zero attached hydrogens (tertiary/aromatic N) is 3. The first kappa shape index (κ1) is 13.7. The Kier molecular flexibility index (Phi) is 3.99. The Balaban J connectivity index is 2.37. The van der Waals surface area contributed by atoms with Crippen LogP contribution in [0.4, 0.5) is 0 Å². The Labute approximate surface area is 116 Å². The van der Waals surface area contributed by atoms with Gasteiger partial charge in [0.05, 0.1) is 16.3 Å². The molecule has 0 bridgehead atoms. The minimum Gasteiger partial charge on any atom is -0.397 e. The molecule has 0 aliphatic heterocycles. The van der Waals surface area contributed by atoms with Crippen LogP contribution in [0.15, 0.2) is 10.6 Å². The molecular formula is C13H18N4OS. The largest absolute Gasteiger partial charge is 0.397 e. The van der Waals surface area contributed by atoms with Gasteiger partial charge in [-0.2, -0.15) is 0 Å². The molecule has 1 aliphatic carbocycles. The van der Waals surface area contributed by atoms with E-state index < -0.39 is 0 Å². The van der Waals surface area contributed by atoms with Crippen molar-refractivity contribution in [1.82, 2.24) is 9.88 Å². The summed E-state index contributed by atoms with van der Waals surface area (Å²) in [7, 11) is 3.45. The van der Waals surface area contributed by atoms with Crippen molar-refractivity contribution in [2.45, 2.75) is 19.8 Å². The molecule has 0 saturated heterocycles. The molecule has 1 aliphatic rings. The molecule has 2 N–H and O–H groups in total. The Bertz CT molecular complexity index is 557. The number of aliphatic imine (C=N–C) groups is 1. The van der Waals surface area contributed by atoms with E-state index in [1.54, 1.807) is 14.1 Å². The number of fused-ring (bicyclic) bond motifs is 1. The number of hydrogen-bond acceptors (Lipinski definition) is 5. The van der Waals surface area contributed by atoms with Gasteiger partial charge in [-0.1, -0.05) is 0 Å². The lowest BCUT2D eigenvalue weighted by atomic mass is 9.99. The van der Waals surface area contributed by atoms with Crippen molar-refractivity contribution >= 4 is 29.2 Å².